The molecule has 0 aliphatic carbocycles. The van der Waals surface area contributed by atoms with Crippen LogP contribution in [-0.2, 0) is 14.3 Å². The van der Waals surface area contributed by atoms with Crippen molar-refractivity contribution in [2.24, 2.45) is 0 Å². The fraction of sp³-hybridized carbons (Fsp3) is 0.900. The molecule has 4 nitrogen and oxygen atoms in total. The van der Waals surface area contributed by atoms with Gasteiger partial charge in [0.2, 0.25) is 0 Å². The van der Waals surface area contributed by atoms with Crippen molar-refractivity contribution in [3.8, 4) is 0 Å². The lowest BCUT2D eigenvalue weighted by Gasteiger charge is -2.28. The van der Waals surface area contributed by atoms with E-state index >= 15 is 0 Å². The van der Waals surface area contributed by atoms with Crippen molar-refractivity contribution in [1.82, 2.24) is 4.90 Å². The molecule has 0 aromatic carbocycles. The maximum absolute atomic E-state index is 10.9. The van der Waals surface area contributed by atoms with Crippen LogP contribution in [-0.4, -0.2) is 52.1 Å². The highest BCUT2D eigenvalue weighted by molar-refractivity contribution is 6.77. The van der Waals surface area contributed by atoms with Crippen LogP contribution in [0, 0.1) is 0 Å². The summed E-state index contributed by atoms with van der Waals surface area (Å²) in [7, 11) is 2.36. The molecule has 0 radical (unpaired) electrons. The molecule has 0 aromatic rings. The average molecular weight is 233 g/mol. The van der Waals surface area contributed by atoms with Crippen LogP contribution in [0.4, 0.5) is 0 Å². The van der Waals surface area contributed by atoms with Crippen LogP contribution in [0.2, 0.25) is 19.6 Å². The molecule has 0 spiro atoms. The zero-order chi connectivity index (χ0) is 12.1. The summed E-state index contributed by atoms with van der Waals surface area (Å²) in [5.74, 6) is -0.609. The minimum atomic E-state index is -1.61. The van der Waals surface area contributed by atoms with Gasteiger partial charge in [0.25, 0.3) is 0 Å². The number of ether oxygens (including phenoxy) is 2. The smallest absolute Gasteiger partial charge is 0.304 e. The third-order valence-corrected chi connectivity index (χ3v) is 3.49. The van der Waals surface area contributed by atoms with Crippen molar-refractivity contribution in [3.05, 3.63) is 0 Å². The first-order valence-electron chi connectivity index (χ1n) is 5.17. The van der Waals surface area contributed by atoms with Crippen molar-refractivity contribution in [3.63, 3.8) is 0 Å². The summed E-state index contributed by atoms with van der Waals surface area (Å²) < 4.78 is 10.8. The van der Waals surface area contributed by atoms with Crippen molar-refractivity contribution in [2.45, 2.75) is 32.5 Å². The third-order valence-electron chi connectivity index (χ3n) is 1.79. The minimum absolute atomic E-state index is 0.271. The number of rotatable bonds is 6. The molecule has 0 saturated carbocycles. The Morgan fingerprint density at radius 2 is 1.87 bits per heavy atom. The lowest BCUT2D eigenvalue weighted by molar-refractivity contribution is -0.162. The minimum Gasteiger partial charge on any atom is -0.440 e. The molecule has 0 aliphatic rings. The molecule has 0 fully saturated rings. The van der Waals surface area contributed by atoms with Gasteiger partial charge in [0.1, 0.15) is 8.07 Å². The van der Waals surface area contributed by atoms with Gasteiger partial charge in [-0.2, -0.15) is 0 Å². The molecular weight excluding hydrogens is 210 g/mol. The molecule has 1 unspecified atom stereocenters. The van der Waals surface area contributed by atoms with Crippen molar-refractivity contribution in [1.29, 1.82) is 0 Å². The van der Waals surface area contributed by atoms with E-state index in [1.54, 1.807) is 0 Å². The Balaban J connectivity index is 4.09. The molecule has 1 atom stereocenters. The Bertz CT molecular complexity index is 201. The highest BCUT2D eigenvalue weighted by atomic mass is 28.3. The molecule has 0 amide bonds. The fourth-order valence-corrected chi connectivity index (χ4v) is 2.09. The van der Waals surface area contributed by atoms with E-state index in [1.807, 2.05) is 19.0 Å². The van der Waals surface area contributed by atoms with Crippen LogP contribution in [0.1, 0.15) is 6.92 Å². The van der Waals surface area contributed by atoms with E-state index in [0.717, 1.165) is 6.54 Å². The SMILES string of the molecule is CC(=O)OC(OCCN(C)C)[Si](C)(C)C. The van der Waals surface area contributed by atoms with Gasteiger partial charge in [0, 0.05) is 13.5 Å². The standard InChI is InChI=1S/C10H23NO3Si/c1-9(12)14-10(15(4,5)6)13-8-7-11(2)3/h10H,7-8H2,1-6H3. The average Bonchev–Trinajstić information content (AvgIpc) is 1.99. The topological polar surface area (TPSA) is 38.8 Å². The predicted octanol–water partition coefficient (Wildman–Crippen LogP) is 1.33. The summed E-state index contributed by atoms with van der Waals surface area (Å²) in [6, 6.07) is 0. The summed E-state index contributed by atoms with van der Waals surface area (Å²) in [6.45, 7) is 9.21. The molecule has 0 saturated heterocycles. The first kappa shape index (κ1) is 14.6. The number of hydrogen-bond acceptors (Lipinski definition) is 4. The first-order chi connectivity index (χ1) is 6.73. The summed E-state index contributed by atoms with van der Waals surface area (Å²) in [5, 5.41) is 0. The van der Waals surface area contributed by atoms with Crippen LogP contribution < -0.4 is 0 Å². The second-order valence-corrected chi connectivity index (χ2v) is 10.2. The Hall–Kier alpha value is -0.393. The normalized spacial score (nSPS) is 14.1. The predicted molar refractivity (Wildman–Crippen MR) is 63.4 cm³/mol. The van der Waals surface area contributed by atoms with Crippen molar-refractivity contribution < 1.29 is 14.3 Å². The van der Waals surface area contributed by atoms with E-state index in [9.17, 15) is 4.79 Å². The molecular formula is C10H23NO3Si. The van der Waals surface area contributed by atoms with Gasteiger partial charge in [-0.1, -0.05) is 19.6 Å². The van der Waals surface area contributed by atoms with Gasteiger partial charge in [-0.15, -0.1) is 0 Å². The van der Waals surface area contributed by atoms with Gasteiger partial charge >= 0.3 is 5.97 Å². The van der Waals surface area contributed by atoms with Crippen molar-refractivity contribution in [2.75, 3.05) is 27.2 Å². The molecule has 0 heterocycles. The van der Waals surface area contributed by atoms with Crippen LogP contribution in [0.25, 0.3) is 0 Å². The molecule has 15 heavy (non-hydrogen) atoms. The summed E-state index contributed by atoms with van der Waals surface area (Å²) >= 11 is 0. The lowest BCUT2D eigenvalue weighted by Crippen LogP contribution is -2.44. The van der Waals surface area contributed by atoms with E-state index in [0.29, 0.717) is 6.61 Å². The highest BCUT2D eigenvalue weighted by Crippen LogP contribution is 2.13. The van der Waals surface area contributed by atoms with Gasteiger partial charge in [-0.05, 0) is 14.1 Å². The van der Waals surface area contributed by atoms with E-state index in [4.69, 9.17) is 9.47 Å². The molecule has 0 aliphatic heterocycles. The van der Waals surface area contributed by atoms with Crippen LogP contribution in [0.3, 0.4) is 0 Å². The van der Waals surface area contributed by atoms with Gasteiger partial charge in [0.05, 0.1) is 6.61 Å². The second-order valence-electron chi connectivity index (χ2n) is 4.98. The molecule has 90 valence electrons. The fourth-order valence-electron chi connectivity index (χ4n) is 0.954. The number of nitrogens with zero attached hydrogens (tertiary/aromatic N) is 1. The van der Waals surface area contributed by atoms with E-state index in [1.165, 1.54) is 6.92 Å². The Labute approximate surface area is 93.6 Å². The number of hydrogen-bond donors (Lipinski definition) is 0. The van der Waals surface area contributed by atoms with E-state index in [-0.39, 0.29) is 11.9 Å². The largest absolute Gasteiger partial charge is 0.440 e. The third kappa shape index (κ3) is 7.53. The van der Waals surface area contributed by atoms with E-state index in [2.05, 4.69) is 19.6 Å². The summed E-state index contributed by atoms with van der Waals surface area (Å²) in [4.78, 5) is 12.9. The maximum atomic E-state index is 10.9. The zero-order valence-electron chi connectivity index (χ0n) is 10.7. The van der Waals surface area contributed by atoms with Gasteiger partial charge in [-0.25, -0.2) is 0 Å². The zero-order valence-corrected chi connectivity index (χ0v) is 11.7. The quantitative estimate of drug-likeness (QED) is 0.394. The number of carbonyl (C=O) groups is 1. The van der Waals surface area contributed by atoms with Gasteiger partial charge in [-0.3, -0.25) is 4.79 Å². The van der Waals surface area contributed by atoms with Gasteiger partial charge < -0.3 is 14.4 Å². The molecule has 0 rings (SSSR count). The number of esters is 1. The highest BCUT2D eigenvalue weighted by Gasteiger charge is 2.30. The summed E-state index contributed by atoms with van der Waals surface area (Å²) in [5.41, 5.74) is 0. The molecule has 5 heteroatoms. The van der Waals surface area contributed by atoms with Crippen LogP contribution in [0.15, 0.2) is 0 Å². The molecule has 0 N–H and O–H groups in total. The maximum Gasteiger partial charge on any atom is 0.304 e. The van der Waals surface area contributed by atoms with E-state index < -0.39 is 8.07 Å². The lowest BCUT2D eigenvalue weighted by atomic mass is 10.6. The number of likely N-dealkylation sites (N-methyl/N-ethyl adjacent to an activating group) is 1. The molecule has 0 bridgehead atoms. The Morgan fingerprint density at radius 1 is 1.33 bits per heavy atom. The number of carbonyl (C=O) groups excluding carboxylic acids is 1. The molecule has 0 aromatic heterocycles. The van der Waals surface area contributed by atoms with Crippen molar-refractivity contribution >= 4 is 14.0 Å². The van der Waals surface area contributed by atoms with Crippen LogP contribution in [0.5, 0.6) is 0 Å². The van der Waals surface area contributed by atoms with Crippen LogP contribution >= 0.6 is 0 Å². The van der Waals surface area contributed by atoms with Gasteiger partial charge in [0.15, 0.2) is 5.91 Å². The second kappa shape index (κ2) is 6.25. The first-order valence-corrected chi connectivity index (χ1v) is 8.75. The Kier molecular flexibility index (Phi) is 6.08. The Morgan fingerprint density at radius 3 is 2.20 bits per heavy atom. The monoisotopic (exact) mass is 233 g/mol. The summed E-state index contributed by atoms with van der Waals surface area (Å²) in [6.07, 6.45) is 0.